The Morgan fingerprint density at radius 1 is 1.06 bits per heavy atom. The zero-order valence-electron chi connectivity index (χ0n) is 12.2. The van der Waals surface area contributed by atoms with Crippen molar-refractivity contribution >= 4 is 0 Å². The van der Waals surface area contributed by atoms with Gasteiger partial charge in [0.2, 0.25) is 0 Å². The molecule has 2 heteroatoms. The van der Waals surface area contributed by atoms with E-state index in [1.54, 1.807) is 0 Å². The molecule has 0 aromatic carbocycles. The average molecular weight is 250 g/mol. The van der Waals surface area contributed by atoms with Crippen LogP contribution in [0.3, 0.4) is 0 Å². The standard InChI is InChI=1S/C16H30N2/c1-3-18-10-4-5-15(11-18)12(2)17-16(13-6-7-13)14-8-9-14/h12-17H,3-11H2,1-2H3. The molecule has 2 saturated carbocycles. The van der Waals surface area contributed by atoms with Crippen LogP contribution in [-0.2, 0) is 0 Å². The summed E-state index contributed by atoms with van der Waals surface area (Å²) in [6.45, 7) is 8.64. The van der Waals surface area contributed by atoms with Gasteiger partial charge in [0, 0.05) is 18.6 Å². The molecule has 0 aromatic rings. The normalized spacial score (nSPS) is 31.8. The molecule has 1 heterocycles. The molecule has 3 fully saturated rings. The van der Waals surface area contributed by atoms with E-state index < -0.39 is 0 Å². The highest BCUT2D eigenvalue weighted by molar-refractivity contribution is 4.98. The van der Waals surface area contributed by atoms with E-state index in [1.165, 1.54) is 58.2 Å². The number of rotatable bonds is 6. The Balaban J connectivity index is 1.51. The van der Waals surface area contributed by atoms with Crippen molar-refractivity contribution in [1.29, 1.82) is 0 Å². The third-order valence-corrected chi connectivity index (χ3v) is 5.41. The fraction of sp³-hybridized carbons (Fsp3) is 1.00. The van der Waals surface area contributed by atoms with Crippen LogP contribution in [0.15, 0.2) is 0 Å². The lowest BCUT2D eigenvalue weighted by atomic mass is 9.90. The van der Waals surface area contributed by atoms with Gasteiger partial charge in [0.15, 0.2) is 0 Å². The monoisotopic (exact) mass is 250 g/mol. The molecule has 0 spiro atoms. The molecule has 2 aliphatic carbocycles. The van der Waals surface area contributed by atoms with E-state index in [-0.39, 0.29) is 0 Å². The summed E-state index contributed by atoms with van der Waals surface area (Å²) in [6.07, 6.45) is 8.81. The van der Waals surface area contributed by atoms with Gasteiger partial charge in [0.25, 0.3) is 0 Å². The van der Waals surface area contributed by atoms with Crippen LogP contribution in [0.25, 0.3) is 0 Å². The van der Waals surface area contributed by atoms with Crippen LogP contribution in [0.1, 0.15) is 52.4 Å². The van der Waals surface area contributed by atoms with Crippen LogP contribution >= 0.6 is 0 Å². The quantitative estimate of drug-likeness (QED) is 0.780. The molecule has 3 aliphatic rings. The van der Waals surface area contributed by atoms with Crippen LogP contribution in [0.5, 0.6) is 0 Å². The van der Waals surface area contributed by atoms with Crippen molar-refractivity contribution in [1.82, 2.24) is 10.2 Å². The second-order valence-corrected chi connectivity index (χ2v) is 6.95. The van der Waals surface area contributed by atoms with Crippen molar-refractivity contribution in [2.45, 2.75) is 64.5 Å². The molecule has 0 radical (unpaired) electrons. The van der Waals surface area contributed by atoms with E-state index in [4.69, 9.17) is 0 Å². The van der Waals surface area contributed by atoms with Crippen LogP contribution in [-0.4, -0.2) is 36.6 Å². The maximum atomic E-state index is 4.03. The fourth-order valence-electron chi connectivity index (χ4n) is 3.79. The minimum absolute atomic E-state index is 0.727. The Labute approximate surface area is 113 Å². The molecule has 0 amide bonds. The third-order valence-electron chi connectivity index (χ3n) is 5.41. The lowest BCUT2D eigenvalue weighted by molar-refractivity contribution is 0.148. The first-order valence-corrected chi connectivity index (χ1v) is 8.26. The molecule has 104 valence electrons. The number of hydrogen-bond acceptors (Lipinski definition) is 2. The van der Waals surface area contributed by atoms with E-state index in [9.17, 15) is 0 Å². The summed E-state index contributed by atoms with van der Waals surface area (Å²) in [6, 6.07) is 1.60. The first kappa shape index (κ1) is 12.9. The summed E-state index contributed by atoms with van der Waals surface area (Å²) in [5.74, 6) is 2.95. The Kier molecular flexibility index (Phi) is 3.95. The lowest BCUT2D eigenvalue weighted by Gasteiger charge is -2.37. The minimum atomic E-state index is 0.727. The van der Waals surface area contributed by atoms with Crippen LogP contribution in [0, 0.1) is 17.8 Å². The number of piperidine rings is 1. The molecule has 0 aromatic heterocycles. The zero-order valence-corrected chi connectivity index (χ0v) is 12.2. The van der Waals surface area contributed by atoms with E-state index in [0.29, 0.717) is 0 Å². The van der Waals surface area contributed by atoms with Gasteiger partial charge in [0.05, 0.1) is 0 Å². The SMILES string of the molecule is CCN1CCCC(C(C)NC(C2CC2)C2CC2)C1. The Bertz CT molecular complexity index is 258. The molecule has 2 unspecified atom stereocenters. The van der Waals surface area contributed by atoms with E-state index in [0.717, 1.165) is 29.8 Å². The van der Waals surface area contributed by atoms with Crippen molar-refractivity contribution in [3.63, 3.8) is 0 Å². The number of hydrogen-bond donors (Lipinski definition) is 1. The first-order chi connectivity index (χ1) is 8.78. The van der Waals surface area contributed by atoms with E-state index in [2.05, 4.69) is 24.1 Å². The van der Waals surface area contributed by atoms with Gasteiger partial charge >= 0.3 is 0 Å². The summed E-state index contributed by atoms with van der Waals surface area (Å²) < 4.78 is 0. The maximum absolute atomic E-state index is 4.03. The number of likely N-dealkylation sites (tertiary alicyclic amines) is 1. The molecule has 0 bridgehead atoms. The molecular weight excluding hydrogens is 220 g/mol. The Hall–Kier alpha value is -0.0800. The van der Waals surface area contributed by atoms with Crippen molar-refractivity contribution in [2.75, 3.05) is 19.6 Å². The summed E-state index contributed by atoms with van der Waals surface area (Å²) >= 11 is 0. The summed E-state index contributed by atoms with van der Waals surface area (Å²) in [4.78, 5) is 2.63. The first-order valence-electron chi connectivity index (χ1n) is 8.26. The summed E-state index contributed by atoms with van der Waals surface area (Å²) in [5.41, 5.74) is 0. The highest BCUT2D eigenvalue weighted by atomic mass is 15.1. The van der Waals surface area contributed by atoms with Crippen molar-refractivity contribution in [3.05, 3.63) is 0 Å². The van der Waals surface area contributed by atoms with Crippen molar-refractivity contribution in [2.24, 2.45) is 17.8 Å². The third kappa shape index (κ3) is 3.08. The van der Waals surface area contributed by atoms with Gasteiger partial charge in [-0.15, -0.1) is 0 Å². The smallest absolute Gasteiger partial charge is 0.0126 e. The van der Waals surface area contributed by atoms with Crippen LogP contribution in [0.2, 0.25) is 0 Å². The zero-order chi connectivity index (χ0) is 12.5. The lowest BCUT2D eigenvalue weighted by Crippen LogP contribution is -2.48. The predicted octanol–water partition coefficient (Wildman–Crippen LogP) is 2.89. The highest BCUT2D eigenvalue weighted by Crippen LogP contribution is 2.45. The molecule has 1 N–H and O–H groups in total. The van der Waals surface area contributed by atoms with Gasteiger partial charge in [-0.25, -0.2) is 0 Å². The second-order valence-electron chi connectivity index (χ2n) is 6.95. The number of nitrogens with zero attached hydrogens (tertiary/aromatic N) is 1. The van der Waals surface area contributed by atoms with E-state index in [1.807, 2.05) is 0 Å². The molecular formula is C16H30N2. The summed E-state index contributed by atoms with van der Waals surface area (Å²) in [7, 11) is 0. The Morgan fingerprint density at radius 3 is 2.28 bits per heavy atom. The van der Waals surface area contributed by atoms with Crippen LogP contribution in [0.4, 0.5) is 0 Å². The summed E-state index contributed by atoms with van der Waals surface area (Å²) in [5, 5.41) is 4.03. The van der Waals surface area contributed by atoms with Gasteiger partial charge in [-0.2, -0.15) is 0 Å². The fourth-order valence-corrected chi connectivity index (χ4v) is 3.79. The van der Waals surface area contributed by atoms with Gasteiger partial charge in [-0.1, -0.05) is 6.92 Å². The van der Waals surface area contributed by atoms with Gasteiger partial charge < -0.3 is 10.2 Å². The second kappa shape index (κ2) is 5.50. The molecule has 1 aliphatic heterocycles. The van der Waals surface area contributed by atoms with Crippen molar-refractivity contribution in [3.8, 4) is 0 Å². The number of nitrogens with one attached hydrogen (secondary N) is 1. The van der Waals surface area contributed by atoms with Crippen molar-refractivity contribution < 1.29 is 0 Å². The van der Waals surface area contributed by atoms with Gasteiger partial charge in [0.1, 0.15) is 0 Å². The maximum Gasteiger partial charge on any atom is 0.0126 e. The largest absolute Gasteiger partial charge is 0.311 e. The molecule has 2 nitrogen and oxygen atoms in total. The molecule has 2 atom stereocenters. The van der Waals surface area contributed by atoms with Gasteiger partial charge in [-0.05, 0) is 76.3 Å². The van der Waals surface area contributed by atoms with Gasteiger partial charge in [-0.3, -0.25) is 0 Å². The predicted molar refractivity (Wildman–Crippen MR) is 76.7 cm³/mol. The highest BCUT2D eigenvalue weighted by Gasteiger charge is 2.42. The molecule has 18 heavy (non-hydrogen) atoms. The van der Waals surface area contributed by atoms with E-state index >= 15 is 0 Å². The average Bonchev–Trinajstić information content (AvgIpc) is 3.29. The molecule has 1 saturated heterocycles. The topological polar surface area (TPSA) is 15.3 Å². The minimum Gasteiger partial charge on any atom is -0.311 e. The van der Waals surface area contributed by atoms with Crippen LogP contribution < -0.4 is 5.32 Å². The molecule has 3 rings (SSSR count). The Morgan fingerprint density at radius 2 is 1.72 bits per heavy atom.